The Morgan fingerprint density at radius 3 is 2.26 bits per heavy atom. The van der Waals surface area contributed by atoms with Gasteiger partial charge < -0.3 is 24.4 Å². The monoisotopic (exact) mass is 561 g/mol. The Morgan fingerprint density at radius 1 is 0.810 bits per heavy atom. The number of hydrogen-bond donors (Lipinski definition) is 1. The fourth-order valence-electron chi connectivity index (χ4n) is 4.94. The first-order valence-corrected chi connectivity index (χ1v) is 13.9. The zero-order valence-electron chi connectivity index (χ0n) is 24.4. The molecular formula is C35H35N3O4. The van der Waals surface area contributed by atoms with E-state index >= 15 is 0 Å². The van der Waals surface area contributed by atoms with E-state index in [0.29, 0.717) is 5.56 Å². The topological polar surface area (TPSA) is 72.9 Å². The Hall–Kier alpha value is -5.04. The number of aromatic nitrogens is 1. The van der Waals surface area contributed by atoms with Crippen LogP contribution in [-0.2, 0) is 6.42 Å². The number of para-hydroxylation sites is 1. The fraction of sp³-hybridized carbons (Fsp3) is 0.200. The summed E-state index contributed by atoms with van der Waals surface area (Å²) in [5, 5.41) is 3.88. The van der Waals surface area contributed by atoms with E-state index in [9.17, 15) is 4.79 Å². The van der Waals surface area contributed by atoms with Crippen LogP contribution >= 0.6 is 0 Å². The van der Waals surface area contributed by atoms with Crippen LogP contribution < -0.4 is 24.4 Å². The molecule has 0 aliphatic heterocycles. The number of pyridine rings is 1. The third-order valence-corrected chi connectivity index (χ3v) is 7.33. The maximum absolute atomic E-state index is 13.5. The van der Waals surface area contributed by atoms with E-state index in [0.717, 1.165) is 70.2 Å². The van der Waals surface area contributed by atoms with Crippen molar-refractivity contribution in [3.63, 3.8) is 0 Å². The molecule has 42 heavy (non-hydrogen) atoms. The lowest BCUT2D eigenvalue weighted by molar-refractivity contribution is 0.102. The molecule has 5 rings (SSSR count). The van der Waals surface area contributed by atoms with Crippen molar-refractivity contribution in [3.8, 4) is 28.5 Å². The summed E-state index contributed by atoms with van der Waals surface area (Å²) >= 11 is 0. The number of amides is 1. The number of aryl methyl sites for hydroxylation is 1. The van der Waals surface area contributed by atoms with Gasteiger partial charge in [-0.15, -0.1) is 0 Å². The predicted molar refractivity (Wildman–Crippen MR) is 169 cm³/mol. The van der Waals surface area contributed by atoms with E-state index < -0.39 is 0 Å². The van der Waals surface area contributed by atoms with Crippen LogP contribution in [0, 0.1) is 0 Å². The Labute approximate surface area is 246 Å². The van der Waals surface area contributed by atoms with Crippen molar-refractivity contribution in [2.45, 2.75) is 12.8 Å². The summed E-state index contributed by atoms with van der Waals surface area (Å²) in [6.45, 7) is 0.889. The van der Waals surface area contributed by atoms with Crippen LogP contribution in [0.15, 0.2) is 97.1 Å². The minimum absolute atomic E-state index is 0.173. The zero-order valence-corrected chi connectivity index (χ0v) is 24.4. The van der Waals surface area contributed by atoms with Crippen LogP contribution in [0.5, 0.6) is 17.2 Å². The number of nitrogens with one attached hydrogen (secondary N) is 1. The fourth-order valence-corrected chi connectivity index (χ4v) is 4.94. The zero-order chi connectivity index (χ0) is 29.5. The van der Waals surface area contributed by atoms with E-state index in [1.54, 1.807) is 21.3 Å². The molecule has 0 aliphatic rings. The van der Waals surface area contributed by atoms with Gasteiger partial charge in [0.1, 0.15) is 5.75 Å². The first kappa shape index (κ1) is 28.5. The normalized spacial score (nSPS) is 10.8. The number of rotatable bonds is 11. The molecule has 7 nitrogen and oxygen atoms in total. The molecule has 0 saturated heterocycles. The summed E-state index contributed by atoms with van der Waals surface area (Å²) in [6.07, 6.45) is 1.90. The van der Waals surface area contributed by atoms with E-state index in [-0.39, 0.29) is 5.91 Å². The molecule has 4 aromatic carbocycles. The van der Waals surface area contributed by atoms with E-state index in [2.05, 4.69) is 29.4 Å². The third kappa shape index (κ3) is 6.47. The SMILES string of the molecule is COc1ccc(-c2cc(C(=O)Nc3ccc(CCCN(C)c4ccc(OC)c(OC)c4)cc3)c3ccccc3n2)cc1. The Kier molecular flexibility index (Phi) is 8.87. The molecule has 214 valence electrons. The summed E-state index contributed by atoms with van der Waals surface area (Å²) in [5.74, 6) is 2.03. The highest BCUT2D eigenvalue weighted by Gasteiger charge is 2.15. The molecule has 5 aromatic rings. The molecule has 0 aliphatic carbocycles. The van der Waals surface area contributed by atoms with Crippen molar-refractivity contribution in [2.75, 3.05) is 45.1 Å². The lowest BCUT2D eigenvalue weighted by atomic mass is 10.0. The molecule has 1 amide bonds. The Balaban J connectivity index is 1.24. The lowest BCUT2D eigenvalue weighted by Crippen LogP contribution is -2.19. The minimum atomic E-state index is -0.173. The molecular weight excluding hydrogens is 526 g/mol. The molecule has 0 fully saturated rings. The smallest absolute Gasteiger partial charge is 0.256 e. The number of anilines is 2. The Bertz CT molecular complexity index is 1670. The number of fused-ring (bicyclic) bond motifs is 1. The molecule has 0 saturated carbocycles. The van der Waals surface area contributed by atoms with Gasteiger partial charge in [-0.1, -0.05) is 30.3 Å². The van der Waals surface area contributed by atoms with Gasteiger partial charge in [0.05, 0.1) is 38.1 Å². The van der Waals surface area contributed by atoms with Crippen LogP contribution in [0.4, 0.5) is 11.4 Å². The quantitative estimate of drug-likeness (QED) is 0.183. The van der Waals surface area contributed by atoms with Gasteiger partial charge >= 0.3 is 0 Å². The van der Waals surface area contributed by atoms with Crippen molar-refractivity contribution < 1.29 is 19.0 Å². The number of carbonyl (C=O) groups is 1. The van der Waals surface area contributed by atoms with Crippen LogP contribution in [0.3, 0.4) is 0 Å². The van der Waals surface area contributed by atoms with Crippen LogP contribution in [0.2, 0.25) is 0 Å². The minimum Gasteiger partial charge on any atom is -0.497 e. The average Bonchev–Trinajstić information content (AvgIpc) is 3.04. The second kappa shape index (κ2) is 13.1. The molecule has 0 spiro atoms. The molecule has 0 atom stereocenters. The number of hydrogen-bond acceptors (Lipinski definition) is 6. The second-order valence-corrected chi connectivity index (χ2v) is 10.0. The van der Waals surface area contributed by atoms with Gasteiger partial charge in [-0.25, -0.2) is 4.98 Å². The molecule has 7 heteroatoms. The van der Waals surface area contributed by atoms with Crippen LogP contribution in [-0.4, -0.2) is 45.8 Å². The summed E-state index contributed by atoms with van der Waals surface area (Å²) < 4.78 is 16.1. The van der Waals surface area contributed by atoms with Gasteiger partial charge in [0, 0.05) is 42.0 Å². The number of nitrogens with zero attached hydrogens (tertiary/aromatic N) is 2. The summed E-state index contributed by atoms with van der Waals surface area (Å²) in [6, 6.07) is 31.2. The Morgan fingerprint density at radius 2 is 1.55 bits per heavy atom. The number of benzene rings is 4. The molecule has 0 bridgehead atoms. The van der Waals surface area contributed by atoms with Gasteiger partial charge in [-0.3, -0.25) is 4.79 Å². The van der Waals surface area contributed by atoms with Gasteiger partial charge in [0.15, 0.2) is 11.5 Å². The molecule has 1 N–H and O–H groups in total. The average molecular weight is 562 g/mol. The highest BCUT2D eigenvalue weighted by atomic mass is 16.5. The van der Waals surface area contributed by atoms with E-state index in [1.807, 2.05) is 84.9 Å². The summed E-state index contributed by atoms with van der Waals surface area (Å²) in [4.78, 5) is 20.5. The number of methoxy groups -OCH3 is 3. The third-order valence-electron chi connectivity index (χ3n) is 7.33. The standard InChI is InChI=1S/C35H35N3O4/c1-38(27-17-20-33(41-3)34(22-27)42-4)21-7-8-24-11-15-26(16-12-24)36-35(39)30-23-32(25-13-18-28(40-2)19-14-25)37-31-10-6-5-9-29(30)31/h5-6,9-20,22-23H,7-8,21H2,1-4H3,(H,36,39). The van der Waals surface area contributed by atoms with Crippen LogP contribution in [0.1, 0.15) is 22.3 Å². The number of carbonyl (C=O) groups excluding carboxylic acids is 1. The number of ether oxygens (including phenoxy) is 3. The van der Waals surface area contributed by atoms with Crippen molar-refractivity contribution in [3.05, 3.63) is 108 Å². The second-order valence-electron chi connectivity index (χ2n) is 10.0. The molecule has 1 heterocycles. The van der Waals surface area contributed by atoms with Crippen molar-refractivity contribution in [2.24, 2.45) is 0 Å². The largest absolute Gasteiger partial charge is 0.497 e. The van der Waals surface area contributed by atoms with Crippen LogP contribution in [0.25, 0.3) is 22.2 Å². The van der Waals surface area contributed by atoms with E-state index in [4.69, 9.17) is 19.2 Å². The first-order valence-electron chi connectivity index (χ1n) is 13.9. The maximum atomic E-state index is 13.5. The van der Waals surface area contributed by atoms with Gasteiger partial charge in [0.2, 0.25) is 0 Å². The van der Waals surface area contributed by atoms with Gasteiger partial charge in [-0.2, -0.15) is 0 Å². The summed E-state index contributed by atoms with van der Waals surface area (Å²) in [7, 11) is 6.99. The molecule has 0 radical (unpaired) electrons. The van der Waals surface area contributed by atoms with Crippen molar-refractivity contribution in [1.82, 2.24) is 4.98 Å². The summed E-state index contributed by atoms with van der Waals surface area (Å²) in [5.41, 5.74) is 6.03. The lowest BCUT2D eigenvalue weighted by Gasteiger charge is -2.20. The molecule has 0 unspecified atom stereocenters. The highest BCUT2D eigenvalue weighted by Crippen LogP contribution is 2.31. The predicted octanol–water partition coefficient (Wildman–Crippen LogP) is 7.25. The van der Waals surface area contributed by atoms with Crippen molar-refractivity contribution in [1.29, 1.82) is 0 Å². The van der Waals surface area contributed by atoms with Gasteiger partial charge in [0.25, 0.3) is 5.91 Å². The van der Waals surface area contributed by atoms with Gasteiger partial charge in [-0.05, 0) is 79.1 Å². The molecule has 1 aromatic heterocycles. The van der Waals surface area contributed by atoms with E-state index in [1.165, 1.54) is 5.56 Å². The first-order chi connectivity index (χ1) is 20.5. The highest BCUT2D eigenvalue weighted by molar-refractivity contribution is 6.13. The maximum Gasteiger partial charge on any atom is 0.256 e. The van der Waals surface area contributed by atoms with Crippen molar-refractivity contribution >= 4 is 28.2 Å².